The molecule has 0 radical (unpaired) electrons. The molecule has 0 aromatic carbocycles. The molecule has 0 atom stereocenters. The second kappa shape index (κ2) is 7.33. The Hall–Kier alpha value is -2.05. The van der Waals surface area contributed by atoms with Crippen LogP contribution in [0.4, 0.5) is 17.3 Å². The number of carbonyl (C=O) groups is 1. The van der Waals surface area contributed by atoms with Gasteiger partial charge in [0, 0.05) is 18.6 Å². The first-order valence-electron chi connectivity index (χ1n) is 11.4. The van der Waals surface area contributed by atoms with Gasteiger partial charge in [0.15, 0.2) is 11.6 Å². The third-order valence-electron chi connectivity index (χ3n) is 7.70. The molecule has 0 unspecified atom stereocenters. The fourth-order valence-corrected chi connectivity index (χ4v) is 6.84. The number of esters is 1. The first-order chi connectivity index (χ1) is 14.0. The van der Waals surface area contributed by atoms with Gasteiger partial charge in [0.1, 0.15) is 12.0 Å². The molecule has 1 aliphatic heterocycles. The lowest BCUT2D eigenvalue weighted by molar-refractivity contribution is -0.148. The number of nitrogens with zero attached hydrogens (tertiary/aromatic N) is 3. The van der Waals surface area contributed by atoms with Crippen molar-refractivity contribution in [3.63, 3.8) is 0 Å². The number of nitrogens with one attached hydrogen (secondary N) is 1. The van der Waals surface area contributed by atoms with Crippen LogP contribution >= 0.6 is 0 Å². The van der Waals surface area contributed by atoms with Gasteiger partial charge in [0.05, 0.1) is 12.5 Å². The molecule has 7 heteroatoms. The number of rotatable bonds is 5. The molecule has 4 saturated carbocycles. The normalized spacial score (nSPS) is 33.7. The van der Waals surface area contributed by atoms with Crippen molar-refractivity contribution in [2.45, 2.75) is 63.8 Å². The van der Waals surface area contributed by atoms with E-state index in [0.717, 1.165) is 55.3 Å². The van der Waals surface area contributed by atoms with Crippen LogP contribution in [0.15, 0.2) is 6.33 Å². The fraction of sp³-hybridized carbons (Fsp3) is 0.773. The summed E-state index contributed by atoms with van der Waals surface area (Å²) in [6, 6.07) is 0. The molecule has 2 heterocycles. The Bertz CT molecular complexity index is 739. The predicted octanol–water partition coefficient (Wildman–Crippen LogP) is 3.22. The fourth-order valence-electron chi connectivity index (χ4n) is 6.84. The summed E-state index contributed by atoms with van der Waals surface area (Å²) in [4.78, 5) is 23.2. The zero-order valence-electron chi connectivity index (χ0n) is 17.4. The molecule has 4 aliphatic carbocycles. The van der Waals surface area contributed by atoms with Gasteiger partial charge in [-0.3, -0.25) is 4.79 Å². The van der Waals surface area contributed by atoms with E-state index in [1.807, 2.05) is 6.92 Å². The van der Waals surface area contributed by atoms with Crippen LogP contribution in [0.5, 0.6) is 0 Å². The monoisotopic (exact) mass is 399 g/mol. The van der Waals surface area contributed by atoms with E-state index in [1.165, 1.54) is 38.5 Å². The van der Waals surface area contributed by atoms with E-state index < -0.39 is 0 Å². The third-order valence-corrected chi connectivity index (χ3v) is 7.70. The Morgan fingerprint density at radius 1 is 1.17 bits per heavy atom. The Kier molecular flexibility index (Phi) is 4.79. The number of nitrogen functional groups attached to an aromatic ring is 1. The summed E-state index contributed by atoms with van der Waals surface area (Å²) in [5, 5.41) is 3.80. The molecule has 5 aliphatic rings. The molecular weight excluding hydrogens is 366 g/mol. The summed E-state index contributed by atoms with van der Waals surface area (Å²) in [6.45, 7) is 3.83. The smallest absolute Gasteiger partial charge is 0.309 e. The number of piperidine rings is 1. The van der Waals surface area contributed by atoms with Crippen molar-refractivity contribution < 1.29 is 9.53 Å². The highest BCUT2D eigenvalue weighted by molar-refractivity contribution is 5.76. The van der Waals surface area contributed by atoms with E-state index in [2.05, 4.69) is 20.2 Å². The average molecular weight is 400 g/mol. The minimum absolute atomic E-state index is 0.0149. The number of aromatic nitrogens is 2. The van der Waals surface area contributed by atoms with Crippen LogP contribution in [-0.4, -0.2) is 41.2 Å². The Balaban J connectivity index is 1.29. The minimum atomic E-state index is -0.0769. The van der Waals surface area contributed by atoms with E-state index in [0.29, 0.717) is 12.3 Å². The Labute approximate surface area is 172 Å². The largest absolute Gasteiger partial charge is 0.466 e. The Morgan fingerprint density at radius 2 is 1.79 bits per heavy atom. The molecule has 29 heavy (non-hydrogen) atoms. The quantitative estimate of drug-likeness (QED) is 0.734. The van der Waals surface area contributed by atoms with Gasteiger partial charge >= 0.3 is 5.97 Å². The highest BCUT2D eigenvalue weighted by Crippen LogP contribution is 2.56. The van der Waals surface area contributed by atoms with Crippen molar-refractivity contribution in [3.05, 3.63) is 6.33 Å². The van der Waals surface area contributed by atoms with E-state index in [-0.39, 0.29) is 17.4 Å². The summed E-state index contributed by atoms with van der Waals surface area (Å²) in [6.07, 6.45) is 11.2. The topological polar surface area (TPSA) is 93.4 Å². The van der Waals surface area contributed by atoms with Gasteiger partial charge < -0.3 is 20.7 Å². The number of ether oxygens (including phenoxy) is 1. The first kappa shape index (κ1) is 18.9. The number of carbonyl (C=O) groups excluding carboxylic acids is 1. The number of hydrogen-bond acceptors (Lipinski definition) is 7. The van der Waals surface area contributed by atoms with Crippen LogP contribution in [-0.2, 0) is 9.53 Å². The van der Waals surface area contributed by atoms with Gasteiger partial charge in [-0.05, 0) is 76.0 Å². The van der Waals surface area contributed by atoms with Crippen LogP contribution in [0.2, 0.25) is 0 Å². The maximum Gasteiger partial charge on any atom is 0.309 e. The van der Waals surface area contributed by atoms with Crippen molar-refractivity contribution >= 4 is 23.3 Å². The molecule has 6 rings (SSSR count). The highest BCUT2D eigenvalue weighted by atomic mass is 16.5. The number of hydrogen-bond donors (Lipinski definition) is 2. The number of anilines is 3. The van der Waals surface area contributed by atoms with E-state index >= 15 is 0 Å². The maximum absolute atomic E-state index is 12.0. The van der Waals surface area contributed by atoms with Crippen molar-refractivity contribution in [1.82, 2.24) is 9.97 Å². The van der Waals surface area contributed by atoms with Crippen LogP contribution < -0.4 is 16.0 Å². The van der Waals surface area contributed by atoms with Gasteiger partial charge in [-0.15, -0.1) is 0 Å². The molecule has 4 bridgehead atoms. The second-order valence-corrected chi connectivity index (χ2v) is 9.80. The van der Waals surface area contributed by atoms with E-state index in [9.17, 15) is 4.79 Å². The molecule has 1 aromatic rings. The SMILES string of the molecule is CCOC(=O)C1CCN(c2ncnc(NC34CC5CC(CC(C5)C3)C4)c2N)CC1. The van der Waals surface area contributed by atoms with E-state index in [1.54, 1.807) is 6.33 Å². The summed E-state index contributed by atoms with van der Waals surface area (Å²) in [5.41, 5.74) is 7.39. The van der Waals surface area contributed by atoms with Gasteiger partial charge in [-0.25, -0.2) is 9.97 Å². The lowest BCUT2D eigenvalue weighted by atomic mass is 9.53. The molecule has 3 N–H and O–H groups in total. The van der Waals surface area contributed by atoms with Crippen LogP contribution in [0.1, 0.15) is 58.3 Å². The van der Waals surface area contributed by atoms with Crippen LogP contribution in [0.25, 0.3) is 0 Å². The summed E-state index contributed by atoms with van der Waals surface area (Å²) >= 11 is 0. The van der Waals surface area contributed by atoms with Gasteiger partial charge in [0.25, 0.3) is 0 Å². The van der Waals surface area contributed by atoms with Gasteiger partial charge in [0.2, 0.25) is 0 Å². The predicted molar refractivity (Wildman–Crippen MR) is 113 cm³/mol. The standard InChI is InChI=1S/C22H33N5O2/c1-2-29-21(28)17-3-5-27(6-4-17)20-18(23)19(24-13-25-20)26-22-10-14-7-15(11-22)9-16(8-14)12-22/h13-17H,2-12,23H2,1H3,(H,24,25,26). The zero-order chi connectivity index (χ0) is 20.0. The van der Waals surface area contributed by atoms with Crippen LogP contribution in [0, 0.1) is 23.7 Å². The van der Waals surface area contributed by atoms with Crippen molar-refractivity contribution in [1.29, 1.82) is 0 Å². The minimum Gasteiger partial charge on any atom is -0.466 e. The summed E-state index contributed by atoms with van der Waals surface area (Å²) in [5.74, 6) is 4.12. The van der Waals surface area contributed by atoms with Gasteiger partial charge in [-0.1, -0.05) is 0 Å². The molecule has 1 aromatic heterocycles. The van der Waals surface area contributed by atoms with Crippen molar-refractivity contribution in [2.75, 3.05) is 35.6 Å². The average Bonchev–Trinajstić information content (AvgIpc) is 2.69. The lowest BCUT2D eigenvalue weighted by Gasteiger charge is -2.57. The lowest BCUT2D eigenvalue weighted by Crippen LogP contribution is -2.55. The van der Waals surface area contributed by atoms with Crippen molar-refractivity contribution in [2.24, 2.45) is 23.7 Å². The molecular formula is C22H33N5O2. The highest BCUT2D eigenvalue weighted by Gasteiger charge is 2.51. The summed E-state index contributed by atoms with van der Waals surface area (Å²) in [7, 11) is 0. The zero-order valence-corrected chi connectivity index (χ0v) is 17.4. The summed E-state index contributed by atoms with van der Waals surface area (Å²) < 4.78 is 5.18. The third kappa shape index (κ3) is 3.53. The first-order valence-corrected chi connectivity index (χ1v) is 11.4. The Morgan fingerprint density at radius 3 is 2.38 bits per heavy atom. The molecule has 5 fully saturated rings. The molecule has 7 nitrogen and oxygen atoms in total. The molecule has 0 amide bonds. The van der Waals surface area contributed by atoms with Crippen molar-refractivity contribution in [3.8, 4) is 0 Å². The van der Waals surface area contributed by atoms with E-state index in [4.69, 9.17) is 10.5 Å². The maximum atomic E-state index is 12.0. The molecule has 1 saturated heterocycles. The van der Waals surface area contributed by atoms with Gasteiger partial charge in [-0.2, -0.15) is 0 Å². The molecule has 158 valence electrons. The van der Waals surface area contributed by atoms with Crippen LogP contribution in [0.3, 0.4) is 0 Å². The second-order valence-electron chi connectivity index (χ2n) is 9.80. The number of nitrogens with two attached hydrogens (primary N) is 1. The molecule has 0 spiro atoms.